The lowest BCUT2D eigenvalue weighted by Crippen LogP contribution is -2.29. The summed E-state index contributed by atoms with van der Waals surface area (Å²) in [7, 11) is 2.12. The molecule has 1 aliphatic heterocycles. The number of nitrogens with one attached hydrogen (secondary N) is 1. The van der Waals surface area contributed by atoms with Gasteiger partial charge in [0, 0.05) is 23.8 Å². The summed E-state index contributed by atoms with van der Waals surface area (Å²) in [5.74, 6) is -0.823. The summed E-state index contributed by atoms with van der Waals surface area (Å²) in [4.78, 5) is 35.4. The molecule has 38 heavy (non-hydrogen) atoms. The molecule has 2 N–H and O–H groups in total. The zero-order valence-electron chi connectivity index (χ0n) is 20.4. The summed E-state index contributed by atoms with van der Waals surface area (Å²) >= 11 is 0. The second-order valence-electron chi connectivity index (χ2n) is 9.35. The third kappa shape index (κ3) is 5.10. The molecule has 1 fully saturated rings. The highest BCUT2D eigenvalue weighted by Crippen LogP contribution is 2.31. The van der Waals surface area contributed by atoms with Crippen LogP contribution in [0.3, 0.4) is 0 Å². The van der Waals surface area contributed by atoms with Crippen molar-refractivity contribution in [1.29, 1.82) is 0 Å². The molecule has 196 valence electrons. The molecular formula is C27H24F3N5O3. The second kappa shape index (κ2) is 9.90. The molecule has 1 aliphatic rings. The molecule has 3 heterocycles. The van der Waals surface area contributed by atoms with E-state index in [1.54, 1.807) is 0 Å². The molecule has 0 saturated carbocycles. The molecule has 8 nitrogen and oxygen atoms in total. The zero-order valence-corrected chi connectivity index (χ0v) is 20.4. The van der Waals surface area contributed by atoms with Gasteiger partial charge in [0.1, 0.15) is 5.56 Å². The van der Waals surface area contributed by atoms with E-state index in [0.29, 0.717) is 11.6 Å². The van der Waals surface area contributed by atoms with Crippen LogP contribution < -0.4 is 10.7 Å². The summed E-state index contributed by atoms with van der Waals surface area (Å²) < 4.78 is 40.4. The van der Waals surface area contributed by atoms with Crippen LogP contribution in [0.25, 0.3) is 16.7 Å². The van der Waals surface area contributed by atoms with Crippen LogP contribution in [0.4, 0.5) is 24.8 Å². The maximum absolute atomic E-state index is 13.0. The van der Waals surface area contributed by atoms with Crippen molar-refractivity contribution >= 4 is 28.6 Å². The molecule has 2 aromatic carbocycles. The fourth-order valence-electron chi connectivity index (χ4n) is 4.64. The van der Waals surface area contributed by atoms with E-state index in [1.807, 2.05) is 12.1 Å². The molecule has 4 aromatic rings. The summed E-state index contributed by atoms with van der Waals surface area (Å²) in [6.07, 6.45) is -0.0675. The first kappa shape index (κ1) is 25.4. The van der Waals surface area contributed by atoms with Gasteiger partial charge in [0.25, 0.3) is 0 Å². The summed E-state index contributed by atoms with van der Waals surface area (Å²) in [5, 5.41) is 12.5. The first-order valence-electron chi connectivity index (χ1n) is 12.0. The van der Waals surface area contributed by atoms with E-state index < -0.39 is 28.7 Å². The number of aromatic nitrogens is 3. The van der Waals surface area contributed by atoms with E-state index in [9.17, 15) is 27.9 Å². The Balaban J connectivity index is 1.50. The third-order valence-corrected chi connectivity index (χ3v) is 6.80. The molecule has 2 aromatic heterocycles. The average molecular weight is 524 g/mol. The Morgan fingerprint density at radius 1 is 1.05 bits per heavy atom. The Bertz CT molecular complexity index is 1540. The van der Waals surface area contributed by atoms with Crippen LogP contribution in [0.15, 0.2) is 65.7 Å². The maximum atomic E-state index is 13.0. The number of anilines is 2. The summed E-state index contributed by atoms with van der Waals surface area (Å²) in [5.41, 5.74) is 0.0338. The van der Waals surface area contributed by atoms with Gasteiger partial charge < -0.3 is 19.9 Å². The number of fused-ring (bicyclic) bond motifs is 1. The molecule has 0 amide bonds. The molecule has 11 heteroatoms. The fraction of sp³-hybridized carbons (Fsp3) is 0.259. The summed E-state index contributed by atoms with van der Waals surface area (Å²) in [6.45, 7) is 2.11. The zero-order chi connectivity index (χ0) is 27.0. The van der Waals surface area contributed by atoms with Gasteiger partial charge in [-0.25, -0.2) is 9.78 Å². The van der Waals surface area contributed by atoms with Gasteiger partial charge in [0.2, 0.25) is 11.4 Å². The normalized spacial score (nSPS) is 15.1. The van der Waals surface area contributed by atoms with Crippen LogP contribution >= 0.6 is 0 Å². The van der Waals surface area contributed by atoms with E-state index in [4.69, 9.17) is 0 Å². The van der Waals surface area contributed by atoms with Crippen LogP contribution in [0.2, 0.25) is 0 Å². The SMILES string of the molecule is CN1CCC(c2ccc(Nc3ncc4c(=O)c(C(=O)O)cn(-c5ccc(C(F)(F)F)cc5)c4n3)cc2)CC1. The Labute approximate surface area is 215 Å². The highest BCUT2D eigenvalue weighted by molar-refractivity contribution is 5.92. The number of benzene rings is 2. The molecule has 1 saturated heterocycles. The fourth-order valence-corrected chi connectivity index (χ4v) is 4.64. The molecule has 0 spiro atoms. The van der Waals surface area contributed by atoms with Crippen molar-refractivity contribution in [3.63, 3.8) is 0 Å². The molecule has 0 atom stereocenters. The number of halogens is 3. The van der Waals surface area contributed by atoms with Gasteiger partial charge in [0.15, 0.2) is 5.65 Å². The van der Waals surface area contributed by atoms with Gasteiger partial charge in [-0.3, -0.25) is 4.79 Å². The van der Waals surface area contributed by atoms with Gasteiger partial charge in [-0.2, -0.15) is 18.2 Å². The van der Waals surface area contributed by atoms with Gasteiger partial charge in [0.05, 0.1) is 10.9 Å². The number of pyridine rings is 1. The number of likely N-dealkylation sites (tertiary alicyclic amines) is 1. The first-order valence-corrected chi connectivity index (χ1v) is 12.0. The number of hydrogen-bond donors (Lipinski definition) is 2. The maximum Gasteiger partial charge on any atom is 0.416 e. The molecular weight excluding hydrogens is 499 g/mol. The minimum Gasteiger partial charge on any atom is -0.477 e. The lowest BCUT2D eigenvalue weighted by Gasteiger charge is -2.29. The number of hydrogen-bond acceptors (Lipinski definition) is 6. The largest absolute Gasteiger partial charge is 0.477 e. The van der Waals surface area contributed by atoms with Gasteiger partial charge >= 0.3 is 12.1 Å². The number of nitrogens with zero attached hydrogens (tertiary/aromatic N) is 4. The Morgan fingerprint density at radius 3 is 2.32 bits per heavy atom. The van der Waals surface area contributed by atoms with E-state index in [1.165, 1.54) is 28.5 Å². The minimum absolute atomic E-state index is 0.0557. The second-order valence-corrected chi connectivity index (χ2v) is 9.35. The minimum atomic E-state index is -4.53. The van der Waals surface area contributed by atoms with Crippen molar-refractivity contribution in [2.24, 2.45) is 0 Å². The quantitative estimate of drug-likeness (QED) is 0.378. The van der Waals surface area contributed by atoms with Gasteiger partial charge in [-0.15, -0.1) is 0 Å². The van der Waals surface area contributed by atoms with Crippen LogP contribution in [-0.2, 0) is 6.18 Å². The van der Waals surface area contributed by atoms with E-state index in [0.717, 1.165) is 44.3 Å². The highest BCUT2D eigenvalue weighted by atomic mass is 19.4. The molecule has 5 rings (SSSR count). The molecule has 0 radical (unpaired) electrons. The number of carboxylic acids is 1. The van der Waals surface area contributed by atoms with Crippen molar-refractivity contribution in [2.45, 2.75) is 24.9 Å². The Kier molecular flexibility index (Phi) is 6.62. The smallest absolute Gasteiger partial charge is 0.416 e. The molecule has 0 bridgehead atoms. The third-order valence-electron chi connectivity index (χ3n) is 6.80. The van der Waals surface area contributed by atoms with E-state index in [-0.39, 0.29) is 22.7 Å². The number of aromatic carboxylic acids is 1. The Hall–Kier alpha value is -4.25. The number of carboxylic acid groups (broad SMARTS) is 1. The number of alkyl halides is 3. The van der Waals surface area contributed by atoms with Gasteiger partial charge in [-0.05, 0) is 80.9 Å². The number of piperidine rings is 1. The van der Waals surface area contributed by atoms with Crippen molar-refractivity contribution in [1.82, 2.24) is 19.4 Å². The topological polar surface area (TPSA) is 100 Å². The predicted molar refractivity (Wildman–Crippen MR) is 136 cm³/mol. The standard InChI is InChI=1S/C27H24F3N5O3/c1-34-12-10-17(11-13-34)16-2-6-19(7-3-16)32-26-31-14-21-23(36)22(25(37)38)15-35(24(21)33-26)20-8-4-18(5-9-20)27(28,29)30/h2-9,14-15,17H,10-13H2,1H3,(H,37,38)(H,31,32,33). The molecule has 0 unspecified atom stereocenters. The van der Waals surface area contributed by atoms with Gasteiger partial charge in [-0.1, -0.05) is 12.1 Å². The van der Waals surface area contributed by atoms with Crippen molar-refractivity contribution in [2.75, 3.05) is 25.5 Å². The van der Waals surface area contributed by atoms with Crippen LogP contribution in [0, 0.1) is 0 Å². The number of carbonyl (C=O) groups is 1. The van der Waals surface area contributed by atoms with E-state index in [2.05, 4.69) is 39.4 Å². The van der Waals surface area contributed by atoms with E-state index >= 15 is 0 Å². The van der Waals surface area contributed by atoms with Crippen molar-refractivity contribution < 1.29 is 23.1 Å². The predicted octanol–water partition coefficient (Wildman–Crippen LogP) is 5.05. The van der Waals surface area contributed by atoms with Crippen LogP contribution in [0.1, 0.15) is 40.2 Å². The average Bonchev–Trinajstić information content (AvgIpc) is 2.89. The first-order chi connectivity index (χ1) is 18.1. The lowest BCUT2D eigenvalue weighted by atomic mass is 9.89. The van der Waals surface area contributed by atoms with Crippen LogP contribution in [-0.4, -0.2) is 50.6 Å². The Morgan fingerprint density at radius 2 is 1.71 bits per heavy atom. The van der Waals surface area contributed by atoms with Crippen molar-refractivity contribution in [3.8, 4) is 5.69 Å². The highest BCUT2D eigenvalue weighted by Gasteiger charge is 2.30. The monoisotopic (exact) mass is 523 g/mol. The van der Waals surface area contributed by atoms with Crippen molar-refractivity contribution in [3.05, 3.63) is 87.8 Å². The number of rotatable bonds is 5. The lowest BCUT2D eigenvalue weighted by molar-refractivity contribution is -0.137. The molecule has 0 aliphatic carbocycles. The summed E-state index contributed by atoms with van der Waals surface area (Å²) in [6, 6.07) is 12.1. The van der Waals surface area contributed by atoms with Crippen LogP contribution in [0.5, 0.6) is 0 Å².